The van der Waals surface area contributed by atoms with Gasteiger partial charge in [-0.1, -0.05) is 12.1 Å². The third-order valence-corrected chi connectivity index (χ3v) is 2.62. The Hall–Kier alpha value is -2.08. The first kappa shape index (κ1) is 13.0. The topological polar surface area (TPSA) is 50.1 Å². The number of methoxy groups -OCH3 is 1. The first-order valence-corrected chi connectivity index (χ1v) is 5.31. The zero-order chi connectivity index (χ0) is 12.8. The van der Waals surface area contributed by atoms with Crippen molar-refractivity contribution >= 4 is 12.0 Å². The van der Waals surface area contributed by atoms with Crippen molar-refractivity contribution in [3.8, 4) is 6.07 Å². The molecule has 1 aromatic carbocycles. The highest BCUT2D eigenvalue weighted by molar-refractivity contribution is 5.74. The van der Waals surface area contributed by atoms with E-state index in [1.807, 2.05) is 32.0 Å². The van der Waals surface area contributed by atoms with Gasteiger partial charge in [0.25, 0.3) is 0 Å². The Kier molecular flexibility index (Phi) is 4.47. The standard InChI is InChI=1S/C14H15NO2/c1-10-7-12(5-4-6-15)8-11(2)13(10)9-14(16)17-3/h4-5,7-8H,9H2,1-3H3/b5-4+. The molecule has 0 aliphatic rings. The molecule has 0 N–H and O–H groups in total. The molecule has 3 nitrogen and oxygen atoms in total. The van der Waals surface area contributed by atoms with Gasteiger partial charge in [0.05, 0.1) is 19.6 Å². The Labute approximate surface area is 101 Å². The van der Waals surface area contributed by atoms with Gasteiger partial charge in [-0.15, -0.1) is 0 Å². The van der Waals surface area contributed by atoms with Gasteiger partial charge in [0.1, 0.15) is 0 Å². The van der Waals surface area contributed by atoms with Crippen molar-refractivity contribution < 1.29 is 9.53 Å². The molecule has 0 spiro atoms. The predicted octanol–water partition coefficient (Wildman–Crippen LogP) is 2.56. The number of allylic oxidation sites excluding steroid dienone is 1. The molecule has 0 saturated carbocycles. The van der Waals surface area contributed by atoms with Gasteiger partial charge in [0, 0.05) is 6.08 Å². The molecular formula is C14H15NO2. The van der Waals surface area contributed by atoms with Gasteiger partial charge >= 0.3 is 5.97 Å². The number of nitrogens with zero attached hydrogens (tertiary/aromatic N) is 1. The summed E-state index contributed by atoms with van der Waals surface area (Å²) in [7, 11) is 1.39. The Morgan fingerprint density at radius 2 is 2.00 bits per heavy atom. The fraction of sp³-hybridized carbons (Fsp3) is 0.286. The normalized spacial score (nSPS) is 10.2. The van der Waals surface area contributed by atoms with Crippen LogP contribution in [0.1, 0.15) is 22.3 Å². The van der Waals surface area contributed by atoms with Crippen LogP contribution in [-0.2, 0) is 16.0 Å². The summed E-state index contributed by atoms with van der Waals surface area (Å²) in [6.45, 7) is 3.91. The number of hydrogen-bond acceptors (Lipinski definition) is 3. The summed E-state index contributed by atoms with van der Waals surface area (Å²) < 4.78 is 4.66. The van der Waals surface area contributed by atoms with Gasteiger partial charge in [0.15, 0.2) is 0 Å². The van der Waals surface area contributed by atoms with Crippen molar-refractivity contribution in [2.24, 2.45) is 0 Å². The summed E-state index contributed by atoms with van der Waals surface area (Å²) in [5.41, 5.74) is 4.03. The first-order chi connectivity index (χ1) is 8.08. The second kappa shape index (κ2) is 5.86. The van der Waals surface area contributed by atoms with Gasteiger partial charge in [-0.05, 0) is 42.2 Å². The Morgan fingerprint density at radius 3 is 2.47 bits per heavy atom. The maximum absolute atomic E-state index is 11.3. The minimum Gasteiger partial charge on any atom is -0.469 e. The van der Waals surface area contributed by atoms with Crippen molar-refractivity contribution in [2.45, 2.75) is 20.3 Å². The predicted molar refractivity (Wildman–Crippen MR) is 66.3 cm³/mol. The van der Waals surface area contributed by atoms with Crippen LogP contribution in [-0.4, -0.2) is 13.1 Å². The maximum Gasteiger partial charge on any atom is 0.309 e. The molecule has 0 heterocycles. The molecule has 0 atom stereocenters. The molecule has 0 aromatic heterocycles. The van der Waals surface area contributed by atoms with E-state index >= 15 is 0 Å². The fourth-order valence-electron chi connectivity index (χ4n) is 1.75. The summed E-state index contributed by atoms with van der Waals surface area (Å²) >= 11 is 0. The van der Waals surface area contributed by atoms with E-state index in [0.717, 1.165) is 22.3 Å². The van der Waals surface area contributed by atoms with Crippen LogP contribution in [0.15, 0.2) is 18.2 Å². The van der Waals surface area contributed by atoms with Crippen LogP contribution in [0.2, 0.25) is 0 Å². The molecule has 88 valence electrons. The van der Waals surface area contributed by atoms with Crippen LogP contribution in [0.3, 0.4) is 0 Å². The SMILES string of the molecule is COC(=O)Cc1c(C)cc(/C=C/C#N)cc1C. The molecule has 0 unspecified atom stereocenters. The smallest absolute Gasteiger partial charge is 0.309 e. The van der Waals surface area contributed by atoms with Crippen molar-refractivity contribution in [1.82, 2.24) is 0 Å². The average molecular weight is 229 g/mol. The lowest BCUT2D eigenvalue weighted by atomic mass is 9.97. The number of rotatable bonds is 3. The largest absolute Gasteiger partial charge is 0.469 e. The van der Waals surface area contributed by atoms with Gasteiger partial charge in [0.2, 0.25) is 0 Å². The number of carbonyl (C=O) groups is 1. The molecular weight excluding hydrogens is 214 g/mol. The molecule has 17 heavy (non-hydrogen) atoms. The number of benzene rings is 1. The average Bonchev–Trinajstić information content (AvgIpc) is 2.30. The zero-order valence-corrected chi connectivity index (χ0v) is 10.3. The van der Waals surface area contributed by atoms with E-state index in [2.05, 4.69) is 4.74 Å². The number of ether oxygens (including phenoxy) is 1. The van der Waals surface area contributed by atoms with Crippen LogP contribution in [0.25, 0.3) is 6.08 Å². The highest BCUT2D eigenvalue weighted by Crippen LogP contribution is 2.18. The fourth-order valence-corrected chi connectivity index (χ4v) is 1.75. The third-order valence-electron chi connectivity index (χ3n) is 2.62. The molecule has 0 radical (unpaired) electrons. The molecule has 0 saturated heterocycles. The molecule has 0 bridgehead atoms. The van der Waals surface area contributed by atoms with Crippen molar-refractivity contribution in [2.75, 3.05) is 7.11 Å². The second-order valence-electron chi connectivity index (χ2n) is 3.85. The molecule has 3 heteroatoms. The van der Waals surface area contributed by atoms with Gasteiger partial charge in [-0.2, -0.15) is 5.26 Å². The van der Waals surface area contributed by atoms with Crippen LogP contribution in [0, 0.1) is 25.2 Å². The van der Waals surface area contributed by atoms with Gasteiger partial charge in [-0.3, -0.25) is 4.79 Å². The van der Waals surface area contributed by atoms with E-state index in [4.69, 9.17) is 5.26 Å². The Morgan fingerprint density at radius 1 is 1.41 bits per heavy atom. The second-order valence-corrected chi connectivity index (χ2v) is 3.85. The van der Waals surface area contributed by atoms with Crippen LogP contribution < -0.4 is 0 Å². The van der Waals surface area contributed by atoms with E-state index in [1.165, 1.54) is 13.2 Å². The minimum absolute atomic E-state index is 0.239. The Balaban J connectivity index is 3.07. The minimum atomic E-state index is -0.239. The van der Waals surface area contributed by atoms with Gasteiger partial charge < -0.3 is 4.74 Å². The molecule has 0 amide bonds. The number of aryl methyl sites for hydroxylation is 2. The Bertz CT molecular complexity index is 472. The molecule has 0 aliphatic carbocycles. The summed E-state index contributed by atoms with van der Waals surface area (Å²) in [5.74, 6) is -0.239. The first-order valence-electron chi connectivity index (χ1n) is 5.31. The number of carbonyl (C=O) groups excluding carboxylic acids is 1. The number of esters is 1. The quantitative estimate of drug-likeness (QED) is 0.591. The summed E-state index contributed by atoms with van der Waals surface area (Å²) in [4.78, 5) is 11.3. The molecule has 1 rings (SSSR count). The monoisotopic (exact) mass is 229 g/mol. The summed E-state index contributed by atoms with van der Waals surface area (Å²) in [6.07, 6.45) is 3.48. The van der Waals surface area contributed by atoms with E-state index in [0.29, 0.717) is 0 Å². The van der Waals surface area contributed by atoms with E-state index in [1.54, 1.807) is 6.08 Å². The van der Waals surface area contributed by atoms with E-state index in [-0.39, 0.29) is 12.4 Å². The van der Waals surface area contributed by atoms with E-state index in [9.17, 15) is 4.79 Å². The highest BCUT2D eigenvalue weighted by atomic mass is 16.5. The molecule has 0 aliphatic heterocycles. The molecule has 1 aromatic rings. The van der Waals surface area contributed by atoms with Crippen LogP contribution in [0.5, 0.6) is 0 Å². The highest BCUT2D eigenvalue weighted by Gasteiger charge is 2.09. The summed E-state index contributed by atoms with van der Waals surface area (Å²) in [5, 5.41) is 8.47. The maximum atomic E-state index is 11.3. The van der Waals surface area contributed by atoms with Crippen molar-refractivity contribution in [3.63, 3.8) is 0 Å². The molecule has 0 fully saturated rings. The van der Waals surface area contributed by atoms with Crippen LogP contribution >= 0.6 is 0 Å². The lowest BCUT2D eigenvalue weighted by Gasteiger charge is -2.10. The number of hydrogen-bond donors (Lipinski definition) is 0. The zero-order valence-electron chi connectivity index (χ0n) is 10.3. The van der Waals surface area contributed by atoms with Crippen LogP contribution in [0.4, 0.5) is 0 Å². The summed E-state index contributed by atoms with van der Waals surface area (Å²) in [6, 6.07) is 5.87. The lowest BCUT2D eigenvalue weighted by molar-refractivity contribution is -0.139. The lowest BCUT2D eigenvalue weighted by Crippen LogP contribution is -2.07. The van der Waals surface area contributed by atoms with Crippen molar-refractivity contribution in [1.29, 1.82) is 5.26 Å². The number of nitriles is 1. The third kappa shape index (κ3) is 3.46. The van der Waals surface area contributed by atoms with Crippen molar-refractivity contribution in [3.05, 3.63) is 40.5 Å². The van der Waals surface area contributed by atoms with E-state index < -0.39 is 0 Å². The van der Waals surface area contributed by atoms with Gasteiger partial charge in [-0.25, -0.2) is 0 Å².